The lowest BCUT2D eigenvalue weighted by Crippen LogP contribution is -2.16. The van der Waals surface area contributed by atoms with Crippen LogP contribution in [-0.4, -0.2) is 17.0 Å². The second-order valence-corrected chi connectivity index (χ2v) is 5.61. The molecule has 3 heterocycles. The Hall–Kier alpha value is -2.94. The van der Waals surface area contributed by atoms with Crippen molar-refractivity contribution in [2.75, 3.05) is 11.9 Å². The Morgan fingerprint density at radius 2 is 1.68 bits per heavy atom. The number of pyridine rings is 2. The van der Waals surface area contributed by atoms with Crippen LogP contribution in [0, 0.1) is 0 Å². The van der Waals surface area contributed by atoms with Gasteiger partial charge < -0.3 is 4.90 Å². The highest BCUT2D eigenvalue weighted by Gasteiger charge is 2.25. The Balaban J connectivity index is 2.06. The van der Waals surface area contributed by atoms with Crippen LogP contribution in [-0.2, 0) is 0 Å². The summed E-state index contributed by atoms with van der Waals surface area (Å²) in [5.74, 6) is 0.982. The average molecular weight is 283 g/mol. The van der Waals surface area contributed by atoms with E-state index in [1.165, 1.54) is 16.3 Å². The van der Waals surface area contributed by atoms with E-state index < -0.39 is 0 Å². The maximum absolute atomic E-state index is 4.90. The number of anilines is 2. The first-order valence-electron chi connectivity index (χ1n) is 7.35. The molecule has 0 aliphatic carbocycles. The third-order valence-electron chi connectivity index (χ3n) is 4.43. The van der Waals surface area contributed by atoms with Crippen molar-refractivity contribution in [3.05, 3.63) is 60.8 Å². The molecule has 0 bridgehead atoms. The summed E-state index contributed by atoms with van der Waals surface area (Å²) in [5.41, 5.74) is 4.37. The largest absolute Gasteiger partial charge is 0.328 e. The highest BCUT2D eigenvalue weighted by atomic mass is 15.2. The molecule has 3 nitrogen and oxygen atoms in total. The van der Waals surface area contributed by atoms with E-state index in [0.29, 0.717) is 0 Å². The quantitative estimate of drug-likeness (QED) is 0.444. The van der Waals surface area contributed by atoms with Crippen molar-refractivity contribution in [1.29, 1.82) is 0 Å². The van der Waals surface area contributed by atoms with Crippen molar-refractivity contribution in [3.63, 3.8) is 0 Å². The van der Waals surface area contributed by atoms with Crippen LogP contribution >= 0.6 is 0 Å². The highest BCUT2D eigenvalue weighted by Crippen LogP contribution is 2.46. The number of hydrogen-bond acceptors (Lipinski definition) is 3. The SMILES string of the molecule is CN1c2ccccc2-c2nccc3c2c1nc1ccccc13. The van der Waals surface area contributed by atoms with Gasteiger partial charge in [-0.25, -0.2) is 4.98 Å². The lowest BCUT2D eigenvalue weighted by molar-refractivity contribution is 1.14. The van der Waals surface area contributed by atoms with Crippen LogP contribution in [0.1, 0.15) is 0 Å². The molecule has 0 N–H and O–H groups in total. The van der Waals surface area contributed by atoms with Gasteiger partial charge in [0.1, 0.15) is 5.82 Å². The van der Waals surface area contributed by atoms with Gasteiger partial charge in [-0.3, -0.25) is 4.98 Å². The fourth-order valence-electron chi connectivity index (χ4n) is 3.41. The van der Waals surface area contributed by atoms with Crippen LogP contribution in [0.15, 0.2) is 60.8 Å². The first-order valence-corrected chi connectivity index (χ1v) is 7.35. The van der Waals surface area contributed by atoms with Crippen molar-refractivity contribution in [3.8, 4) is 11.3 Å². The smallest absolute Gasteiger partial charge is 0.143 e. The summed E-state index contributed by atoms with van der Waals surface area (Å²) in [6, 6.07) is 18.8. The van der Waals surface area contributed by atoms with Gasteiger partial charge in [-0.05, 0) is 23.6 Å². The summed E-state index contributed by atoms with van der Waals surface area (Å²) in [4.78, 5) is 11.7. The molecular weight excluding hydrogens is 270 g/mol. The molecule has 2 aromatic carbocycles. The molecule has 0 radical (unpaired) electrons. The Morgan fingerprint density at radius 1 is 0.864 bits per heavy atom. The number of hydrogen-bond donors (Lipinski definition) is 0. The minimum atomic E-state index is 0.982. The molecule has 3 heteroatoms. The van der Waals surface area contributed by atoms with Crippen molar-refractivity contribution < 1.29 is 0 Å². The first-order chi connectivity index (χ1) is 10.8. The predicted octanol–water partition coefficient (Wildman–Crippen LogP) is 4.53. The number of rotatable bonds is 0. The van der Waals surface area contributed by atoms with Crippen LogP contribution in [0.3, 0.4) is 0 Å². The lowest BCUT2D eigenvalue weighted by Gasteiger charge is -2.28. The molecule has 0 atom stereocenters. The first kappa shape index (κ1) is 11.7. The summed E-state index contributed by atoms with van der Waals surface area (Å²) in [6.45, 7) is 0. The molecule has 0 fully saturated rings. The molecule has 0 amide bonds. The second-order valence-electron chi connectivity index (χ2n) is 5.61. The zero-order valence-corrected chi connectivity index (χ0v) is 12.1. The summed E-state index contributed by atoms with van der Waals surface area (Å²) < 4.78 is 0. The van der Waals surface area contributed by atoms with Crippen LogP contribution < -0.4 is 4.90 Å². The zero-order chi connectivity index (χ0) is 14.7. The van der Waals surface area contributed by atoms with E-state index in [9.17, 15) is 0 Å². The van der Waals surface area contributed by atoms with Gasteiger partial charge >= 0.3 is 0 Å². The molecule has 0 unspecified atom stereocenters. The number of aromatic nitrogens is 2. The number of benzene rings is 2. The molecule has 1 aliphatic rings. The Bertz CT molecular complexity index is 1050. The second kappa shape index (κ2) is 4.04. The number of fused-ring (bicyclic) bond motifs is 4. The summed E-state index contributed by atoms with van der Waals surface area (Å²) in [7, 11) is 2.07. The topological polar surface area (TPSA) is 29.0 Å². The minimum Gasteiger partial charge on any atom is -0.328 e. The molecular formula is C19H13N3. The number of nitrogens with zero attached hydrogens (tertiary/aromatic N) is 3. The molecule has 22 heavy (non-hydrogen) atoms. The summed E-state index contributed by atoms with van der Waals surface area (Å²) in [5, 5.41) is 3.53. The molecule has 0 saturated heterocycles. The van der Waals surface area contributed by atoms with Gasteiger partial charge in [0.25, 0.3) is 0 Å². The molecule has 0 spiro atoms. The normalized spacial score (nSPS) is 12.7. The molecule has 2 aromatic heterocycles. The summed E-state index contributed by atoms with van der Waals surface area (Å²) >= 11 is 0. The van der Waals surface area contributed by atoms with E-state index >= 15 is 0 Å². The monoisotopic (exact) mass is 283 g/mol. The Labute approximate surface area is 127 Å². The molecule has 4 aromatic rings. The van der Waals surface area contributed by atoms with Crippen molar-refractivity contribution >= 4 is 33.2 Å². The molecule has 0 saturated carbocycles. The highest BCUT2D eigenvalue weighted by molar-refractivity contribution is 6.17. The van der Waals surface area contributed by atoms with Gasteiger partial charge in [-0.1, -0.05) is 36.4 Å². The van der Waals surface area contributed by atoms with E-state index in [1.54, 1.807) is 0 Å². The minimum absolute atomic E-state index is 0.982. The van der Waals surface area contributed by atoms with E-state index in [4.69, 9.17) is 4.98 Å². The fourth-order valence-corrected chi connectivity index (χ4v) is 3.41. The van der Waals surface area contributed by atoms with Gasteiger partial charge in [0, 0.05) is 24.2 Å². The van der Waals surface area contributed by atoms with E-state index in [0.717, 1.165) is 28.1 Å². The number of para-hydroxylation sites is 2. The van der Waals surface area contributed by atoms with Gasteiger partial charge in [-0.2, -0.15) is 0 Å². The molecule has 5 rings (SSSR count). The zero-order valence-electron chi connectivity index (χ0n) is 12.1. The van der Waals surface area contributed by atoms with Crippen LogP contribution in [0.5, 0.6) is 0 Å². The van der Waals surface area contributed by atoms with Crippen LogP contribution in [0.2, 0.25) is 0 Å². The standard InChI is InChI=1S/C19H13N3/c1-22-16-9-5-3-7-14(16)18-17-13(10-11-20-18)12-6-2-4-8-15(12)21-19(17)22/h2-11H,1H3. The average Bonchev–Trinajstić information content (AvgIpc) is 2.59. The molecule has 104 valence electrons. The van der Waals surface area contributed by atoms with E-state index in [2.05, 4.69) is 65.5 Å². The fraction of sp³-hybridized carbons (Fsp3) is 0.0526. The van der Waals surface area contributed by atoms with Crippen LogP contribution in [0.25, 0.3) is 32.9 Å². The lowest BCUT2D eigenvalue weighted by atomic mass is 9.96. The van der Waals surface area contributed by atoms with Gasteiger partial charge in [0.05, 0.1) is 22.3 Å². The van der Waals surface area contributed by atoms with Gasteiger partial charge in [0.2, 0.25) is 0 Å². The third-order valence-corrected chi connectivity index (χ3v) is 4.43. The third kappa shape index (κ3) is 1.35. The predicted molar refractivity (Wildman–Crippen MR) is 90.5 cm³/mol. The summed E-state index contributed by atoms with van der Waals surface area (Å²) in [6.07, 6.45) is 1.90. The molecule has 1 aliphatic heterocycles. The van der Waals surface area contributed by atoms with E-state index in [1.807, 2.05) is 12.3 Å². The van der Waals surface area contributed by atoms with Crippen molar-refractivity contribution in [1.82, 2.24) is 9.97 Å². The Kier molecular flexibility index (Phi) is 2.15. The van der Waals surface area contributed by atoms with E-state index in [-0.39, 0.29) is 0 Å². The maximum Gasteiger partial charge on any atom is 0.143 e. The van der Waals surface area contributed by atoms with Crippen LogP contribution in [0.4, 0.5) is 11.5 Å². The van der Waals surface area contributed by atoms with Gasteiger partial charge in [0.15, 0.2) is 0 Å². The van der Waals surface area contributed by atoms with Crippen molar-refractivity contribution in [2.24, 2.45) is 0 Å². The van der Waals surface area contributed by atoms with Crippen molar-refractivity contribution in [2.45, 2.75) is 0 Å². The van der Waals surface area contributed by atoms with Gasteiger partial charge in [-0.15, -0.1) is 0 Å². The Morgan fingerprint density at radius 3 is 2.64 bits per heavy atom. The maximum atomic E-state index is 4.90.